The molecule has 0 radical (unpaired) electrons. The molecule has 120 valence electrons. The maximum absolute atomic E-state index is 12.8. The van der Waals surface area contributed by atoms with Crippen LogP contribution in [0.1, 0.15) is 24.5 Å². The Balaban J connectivity index is 1.80. The van der Waals surface area contributed by atoms with E-state index in [1.54, 1.807) is 6.20 Å². The van der Waals surface area contributed by atoms with Crippen molar-refractivity contribution < 1.29 is 22.7 Å². The Morgan fingerprint density at radius 1 is 1.50 bits per heavy atom. The summed E-state index contributed by atoms with van der Waals surface area (Å²) in [7, 11) is 1.49. The molecule has 1 saturated carbocycles. The van der Waals surface area contributed by atoms with Gasteiger partial charge in [0.25, 0.3) is 0 Å². The van der Waals surface area contributed by atoms with Gasteiger partial charge >= 0.3 is 6.18 Å². The molecule has 22 heavy (non-hydrogen) atoms. The van der Waals surface area contributed by atoms with Crippen LogP contribution in [-0.4, -0.2) is 35.6 Å². The number of ether oxygens (including phenoxy) is 1. The molecule has 1 fully saturated rings. The van der Waals surface area contributed by atoms with Crippen molar-refractivity contribution in [1.82, 2.24) is 9.88 Å². The van der Waals surface area contributed by atoms with Crippen molar-refractivity contribution in [2.75, 3.05) is 13.7 Å². The molecule has 7 heteroatoms. The molecular formula is C15H17F3N2O2. The Labute approximate surface area is 126 Å². The molecule has 1 aliphatic carbocycles. The monoisotopic (exact) mass is 314 g/mol. The van der Waals surface area contributed by atoms with Gasteiger partial charge in [0.2, 0.25) is 11.8 Å². The van der Waals surface area contributed by atoms with Gasteiger partial charge in [-0.2, -0.15) is 13.2 Å². The van der Waals surface area contributed by atoms with Gasteiger partial charge in [-0.05, 0) is 24.5 Å². The largest absolute Gasteiger partial charge is 0.481 e. The number of amides is 1. The maximum Gasteiger partial charge on any atom is 0.392 e. The van der Waals surface area contributed by atoms with Crippen LogP contribution in [-0.2, 0) is 17.8 Å². The molecule has 1 amide bonds. The number of pyridine rings is 1. The fraction of sp³-hybridized carbons (Fsp3) is 0.600. The lowest BCUT2D eigenvalue weighted by atomic mass is 9.98. The van der Waals surface area contributed by atoms with E-state index in [-0.39, 0.29) is 13.0 Å². The minimum atomic E-state index is -4.31. The van der Waals surface area contributed by atoms with E-state index < -0.39 is 23.4 Å². The third-order valence-corrected chi connectivity index (χ3v) is 4.71. The molecule has 4 nitrogen and oxygen atoms in total. The average molecular weight is 314 g/mol. The van der Waals surface area contributed by atoms with Crippen molar-refractivity contribution in [1.29, 1.82) is 0 Å². The van der Waals surface area contributed by atoms with E-state index in [1.807, 2.05) is 6.07 Å². The molecule has 2 atom stereocenters. The Bertz CT molecular complexity index is 603. The predicted octanol–water partition coefficient (Wildman–Crippen LogP) is 2.56. The average Bonchev–Trinajstić information content (AvgIpc) is 3.19. The number of hydrogen-bond acceptors (Lipinski definition) is 3. The van der Waals surface area contributed by atoms with E-state index in [0.717, 1.165) is 11.1 Å². The molecule has 1 aromatic rings. The SMILES string of the molecule is COc1nccc2c1CN(C(=O)C1(C)CC1C(F)(F)F)CC2. The molecule has 0 bridgehead atoms. The normalized spacial score (nSPS) is 27.3. The lowest BCUT2D eigenvalue weighted by molar-refractivity contribution is -0.164. The Morgan fingerprint density at radius 2 is 2.23 bits per heavy atom. The molecule has 0 N–H and O–H groups in total. The van der Waals surface area contributed by atoms with Crippen LogP contribution in [0.25, 0.3) is 0 Å². The van der Waals surface area contributed by atoms with Crippen molar-refractivity contribution in [3.05, 3.63) is 23.4 Å². The van der Waals surface area contributed by atoms with Gasteiger partial charge in [0.15, 0.2) is 0 Å². The Kier molecular flexibility index (Phi) is 3.34. The molecule has 1 aromatic heterocycles. The summed E-state index contributed by atoms with van der Waals surface area (Å²) < 4.78 is 43.6. The summed E-state index contributed by atoms with van der Waals surface area (Å²) in [6.45, 7) is 2.09. The number of nitrogens with zero attached hydrogens (tertiary/aromatic N) is 2. The lowest BCUT2D eigenvalue weighted by Gasteiger charge is -2.32. The number of alkyl halides is 3. The van der Waals surface area contributed by atoms with Crippen molar-refractivity contribution in [2.24, 2.45) is 11.3 Å². The maximum atomic E-state index is 12.8. The zero-order valence-corrected chi connectivity index (χ0v) is 12.4. The van der Waals surface area contributed by atoms with Crippen LogP contribution in [0.2, 0.25) is 0 Å². The first-order valence-electron chi connectivity index (χ1n) is 7.14. The summed E-state index contributed by atoms with van der Waals surface area (Å²) in [4.78, 5) is 18.1. The van der Waals surface area contributed by atoms with Crippen molar-refractivity contribution in [2.45, 2.75) is 32.5 Å². The molecule has 2 heterocycles. The molecule has 3 rings (SSSR count). The Morgan fingerprint density at radius 3 is 2.82 bits per heavy atom. The summed E-state index contributed by atoms with van der Waals surface area (Å²) >= 11 is 0. The van der Waals surface area contributed by atoms with Crippen LogP contribution in [0.3, 0.4) is 0 Å². The van der Waals surface area contributed by atoms with E-state index in [0.29, 0.717) is 18.8 Å². The number of methoxy groups -OCH3 is 1. The number of rotatable bonds is 2. The van der Waals surface area contributed by atoms with Crippen molar-refractivity contribution in [3.8, 4) is 5.88 Å². The van der Waals surface area contributed by atoms with E-state index in [4.69, 9.17) is 4.74 Å². The van der Waals surface area contributed by atoms with E-state index in [1.165, 1.54) is 18.9 Å². The first-order chi connectivity index (χ1) is 10.3. The fourth-order valence-corrected chi connectivity index (χ4v) is 3.23. The number of hydrogen-bond donors (Lipinski definition) is 0. The molecule has 0 spiro atoms. The molecule has 0 saturated heterocycles. The number of carbonyl (C=O) groups excluding carboxylic acids is 1. The van der Waals surface area contributed by atoms with Gasteiger partial charge in [-0.25, -0.2) is 4.98 Å². The first-order valence-corrected chi connectivity index (χ1v) is 7.14. The summed E-state index contributed by atoms with van der Waals surface area (Å²) in [5, 5.41) is 0. The highest BCUT2D eigenvalue weighted by Crippen LogP contribution is 2.61. The van der Waals surface area contributed by atoms with E-state index in [9.17, 15) is 18.0 Å². The van der Waals surface area contributed by atoms with Gasteiger partial charge in [-0.1, -0.05) is 6.92 Å². The quantitative estimate of drug-likeness (QED) is 0.842. The second-order valence-electron chi connectivity index (χ2n) is 6.15. The van der Waals surface area contributed by atoms with Gasteiger partial charge in [-0.3, -0.25) is 4.79 Å². The van der Waals surface area contributed by atoms with Gasteiger partial charge in [0, 0.05) is 18.3 Å². The summed E-state index contributed by atoms with van der Waals surface area (Å²) in [6.07, 6.45) is -2.19. The zero-order valence-electron chi connectivity index (χ0n) is 12.4. The molecule has 1 aliphatic heterocycles. The van der Waals surface area contributed by atoms with Gasteiger partial charge < -0.3 is 9.64 Å². The standard InChI is InChI=1S/C15H17F3N2O2/c1-14(7-11(14)15(16,17)18)13(21)20-6-4-9-3-5-19-12(22-2)10(9)8-20/h3,5,11H,4,6-8H2,1-2H3. The molecule has 0 aromatic carbocycles. The van der Waals surface area contributed by atoms with Crippen LogP contribution in [0.15, 0.2) is 12.3 Å². The highest BCUT2D eigenvalue weighted by Gasteiger charge is 2.68. The van der Waals surface area contributed by atoms with Gasteiger partial charge in [0.1, 0.15) is 0 Å². The van der Waals surface area contributed by atoms with Gasteiger partial charge in [0.05, 0.1) is 25.0 Å². The number of fused-ring (bicyclic) bond motifs is 1. The van der Waals surface area contributed by atoms with Crippen molar-refractivity contribution >= 4 is 5.91 Å². The summed E-state index contributed by atoms with van der Waals surface area (Å²) in [6, 6.07) is 1.86. The highest BCUT2D eigenvalue weighted by atomic mass is 19.4. The first kappa shape index (κ1) is 15.1. The zero-order chi connectivity index (χ0) is 16.1. The number of halogens is 3. The molecular weight excluding hydrogens is 297 g/mol. The minimum Gasteiger partial charge on any atom is -0.481 e. The number of carbonyl (C=O) groups is 1. The van der Waals surface area contributed by atoms with Crippen LogP contribution in [0.4, 0.5) is 13.2 Å². The third-order valence-electron chi connectivity index (χ3n) is 4.71. The third kappa shape index (κ3) is 2.32. The van der Waals surface area contributed by atoms with Crippen LogP contribution in [0.5, 0.6) is 5.88 Å². The topological polar surface area (TPSA) is 42.4 Å². The fourth-order valence-electron chi connectivity index (χ4n) is 3.23. The summed E-state index contributed by atoms with van der Waals surface area (Å²) in [5.41, 5.74) is 0.507. The number of aromatic nitrogens is 1. The van der Waals surface area contributed by atoms with Crippen molar-refractivity contribution in [3.63, 3.8) is 0 Å². The van der Waals surface area contributed by atoms with E-state index >= 15 is 0 Å². The minimum absolute atomic E-state index is 0.122. The van der Waals surface area contributed by atoms with E-state index in [2.05, 4.69) is 4.98 Å². The predicted molar refractivity (Wildman–Crippen MR) is 72.2 cm³/mol. The lowest BCUT2D eigenvalue weighted by Crippen LogP contribution is -2.41. The van der Waals surface area contributed by atoms with Crippen LogP contribution in [0, 0.1) is 11.3 Å². The highest BCUT2D eigenvalue weighted by molar-refractivity contribution is 5.86. The second-order valence-corrected chi connectivity index (χ2v) is 6.15. The smallest absolute Gasteiger partial charge is 0.392 e. The van der Waals surface area contributed by atoms with Crippen LogP contribution >= 0.6 is 0 Å². The Hall–Kier alpha value is -1.79. The second kappa shape index (κ2) is 4.86. The summed E-state index contributed by atoms with van der Waals surface area (Å²) in [5.74, 6) is -1.51. The van der Waals surface area contributed by atoms with Crippen LogP contribution < -0.4 is 4.74 Å². The molecule has 2 aliphatic rings. The van der Waals surface area contributed by atoms with Gasteiger partial charge in [-0.15, -0.1) is 0 Å². The molecule has 2 unspecified atom stereocenters.